The molecular formula is C52H42N2. The summed E-state index contributed by atoms with van der Waals surface area (Å²) in [5, 5.41) is 1.21. The van der Waals surface area contributed by atoms with Gasteiger partial charge in [0.1, 0.15) is 0 Å². The molecule has 9 rings (SSSR count). The fraction of sp³-hybridized carbons (Fsp3) is 0.0769. The SMILES string of the molecule is C=Cc1c(/C=C(\C)c2ccc(N(c3cccc(-c4ccccc4)c3)c3ccc4c(c3)C(C)(C)c3ccccc3-4)cc2)c2ccccc2n1-c1ccccc1. The van der Waals surface area contributed by atoms with Crippen LogP contribution in [0.4, 0.5) is 17.1 Å². The largest absolute Gasteiger partial charge is 0.310 e. The molecule has 0 bridgehead atoms. The van der Waals surface area contributed by atoms with Crippen molar-refractivity contribution in [1.29, 1.82) is 0 Å². The average Bonchev–Trinajstić information content (AvgIpc) is 3.66. The second-order valence-electron chi connectivity index (χ2n) is 14.7. The molecule has 0 saturated carbocycles. The van der Waals surface area contributed by atoms with E-state index in [-0.39, 0.29) is 5.41 Å². The number of para-hydroxylation sites is 2. The third-order valence-corrected chi connectivity index (χ3v) is 11.1. The molecule has 0 N–H and O–H groups in total. The van der Waals surface area contributed by atoms with Crippen LogP contribution in [0.1, 0.15) is 48.7 Å². The van der Waals surface area contributed by atoms with Gasteiger partial charge in [-0.15, -0.1) is 0 Å². The van der Waals surface area contributed by atoms with E-state index >= 15 is 0 Å². The number of anilines is 3. The summed E-state index contributed by atoms with van der Waals surface area (Å²) in [7, 11) is 0. The molecule has 0 aliphatic heterocycles. The van der Waals surface area contributed by atoms with Gasteiger partial charge in [-0.25, -0.2) is 0 Å². The molecule has 0 radical (unpaired) electrons. The Kier molecular flexibility index (Phi) is 8.24. The Labute approximate surface area is 318 Å². The summed E-state index contributed by atoms with van der Waals surface area (Å²) in [4.78, 5) is 2.40. The normalized spacial score (nSPS) is 13.1. The van der Waals surface area contributed by atoms with Crippen LogP contribution in [-0.2, 0) is 5.41 Å². The Hall–Kier alpha value is -6.64. The number of hydrogen-bond acceptors (Lipinski definition) is 1. The average molecular weight is 695 g/mol. The van der Waals surface area contributed by atoms with E-state index in [1.807, 2.05) is 6.08 Å². The summed E-state index contributed by atoms with van der Waals surface area (Å²) in [6.45, 7) is 11.2. The highest BCUT2D eigenvalue weighted by atomic mass is 15.1. The number of nitrogens with zero attached hydrogens (tertiary/aromatic N) is 2. The lowest BCUT2D eigenvalue weighted by molar-refractivity contribution is 0.660. The van der Waals surface area contributed by atoms with E-state index in [0.717, 1.165) is 28.4 Å². The maximum atomic E-state index is 4.25. The first-order valence-electron chi connectivity index (χ1n) is 18.7. The minimum absolute atomic E-state index is 0.0980. The second kappa shape index (κ2) is 13.4. The molecule has 2 heteroatoms. The van der Waals surface area contributed by atoms with Crippen LogP contribution in [0.5, 0.6) is 0 Å². The van der Waals surface area contributed by atoms with Crippen LogP contribution in [0.25, 0.3) is 56.6 Å². The first-order chi connectivity index (χ1) is 26.4. The van der Waals surface area contributed by atoms with Gasteiger partial charge in [-0.3, -0.25) is 0 Å². The Morgan fingerprint density at radius 2 is 1.20 bits per heavy atom. The zero-order valence-electron chi connectivity index (χ0n) is 31.0. The predicted molar refractivity (Wildman–Crippen MR) is 231 cm³/mol. The van der Waals surface area contributed by atoms with Crippen LogP contribution in [0.3, 0.4) is 0 Å². The number of benzene rings is 7. The van der Waals surface area contributed by atoms with Gasteiger partial charge >= 0.3 is 0 Å². The zero-order chi connectivity index (χ0) is 36.8. The van der Waals surface area contributed by atoms with Gasteiger partial charge in [0.15, 0.2) is 0 Å². The molecule has 0 unspecified atom stereocenters. The van der Waals surface area contributed by atoms with Gasteiger partial charge in [0.05, 0.1) is 11.2 Å². The first kappa shape index (κ1) is 33.2. The smallest absolute Gasteiger partial charge is 0.0541 e. The summed E-state index contributed by atoms with van der Waals surface area (Å²) >= 11 is 0. The minimum atomic E-state index is -0.0980. The summed E-state index contributed by atoms with van der Waals surface area (Å²) in [5.41, 5.74) is 18.0. The highest BCUT2D eigenvalue weighted by molar-refractivity contribution is 5.99. The van der Waals surface area contributed by atoms with E-state index in [1.54, 1.807) is 0 Å². The number of hydrogen-bond donors (Lipinski definition) is 0. The second-order valence-corrected chi connectivity index (χ2v) is 14.7. The molecular weight excluding hydrogens is 653 g/mol. The lowest BCUT2D eigenvalue weighted by Gasteiger charge is -2.28. The lowest BCUT2D eigenvalue weighted by Crippen LogP contribution is -2.16. The third-order valence-electron chi connectivity index (χ3n) is 11.1. The van der Waals surface area contributed by atoms with E-state index < -0.39 is 0 Å². The molecule has 1 aliphatic rings. The number of fused-ring (bicyclic) bond motifs is 4. The van der Waals surface area contributed by atoms with Crippen molar-refractivity contribution in [2.24, 2.45) is 0 Å². The molecule has 7 aromatic carbocycles. The molecule has 8 aromatic rings. The van der Waals surface area contributed by atoms with E-state index in [2.05, 4.69) is 219 Å². The van der Waals surface area contributed by atoms with Gasteiger partial charge in [-0.2, -0.15) is 0 Å². The van der Waals surface area contributed by atoms with Crippen LogP contribution in [-0.4, -0.2) is 4.57 Å². The van der Waals surface area contributed by atoms with Crippen LogP contribution in [0, 0.1) is 0 Å². The number of allylic oxidation sites excluding steroid dienone is 1. The van der Waals surface area contributed by atoms with E-state index in [9.17, 15) is 0 Å². The summed E-state index contributed by atoms with van der Waals surface area (Å²) < 4.78 is 2.31. The highest BCUT2D eigenvalue weighted by Gasteiger charge is 2.35. The summed E-state index contributed by atoms with van der Waals surface area (Å²) in [6, 6.07) is 63.6. The Bertz CT molecular complexity index is 2690. The Morgan fingerprint density at radius 1 is 0.574 bits per heavy atom. The van der Waals surface area contributed by atoms with E-state index in [0.29, 0.717) is 0 Å². The summed E-state index contributed by atoms with van der Waals surface area (Å²) in [6.07, 6.45) is 4.29. The monoisotopic (exact) mass is 694 g/mol. The molecule has 0 fully saturated rings. The van der Waals surface area contributed by atoms with Crippen LogP contribution < -0.4 is 4.90 Å². The van der Waals surface area contributed by atoms with Crippen molar-refractivity contribution in [1.82, 2.24) is 4.57 Å². The molecule has 0 saturated heterocycles. The summed E-state index contributed by atoms with van der Waals surface area (Å²) in [5.74, 6) is 0. The molecule has 0 amide bonds. The molecule has 54 heavy (non-hydrogen) atoms. The Morgan fingerprint density at radius 3 is 1.98 bits per heavy atom. The van der Waals surface area contributed by atoms with Crippen molar-refractivity contribution in [3.8, 4) is 27.9 Å². The highest BCUT2D eigenvalue weighted by Crippen LogP contribution is 2.50. The van der Waals surface area contributed by atoms with Gasteiger partial charge in [0.25, 0.3) is 0 Å². The number of rotatable bonds is 8. The molecule has 1 aromatic heterocycles. The van der Waals surface area contributed by atoms with E-state index in [4.69, 9.17) is 0 Å². The van der Waals surface area contributed by atoms with Gasteiger partial charge in [0, 0.05) is 39.1 Å². The standard InChI is InChI=1S/C52H42N2/c1-5-50-47(46-24-13-15-26-51(46)54(50)40-20-10-7-11-21-40)33-36(2)37-27-29-41(30-28-37)53(42-22-16-19-39(34-42)38-17-8-6-9-18-38)43-31-32-45-44-23-12-14-25-48(44)52(3,4)49(45)35-43/h5-35H,1H2,2-4H3/b36-33+. The quantitative estimate of drug-likeness (QED) is 0.154. The van der Waals surface area contributed by atoms with E-state index in [1.165, 1.54) is 61.0 Å². The van der Waals surface area contributed by atoms with Crippen molar-refractivity contribution in [2.75, 3.05) is 4.90 Å². The fourth-order valence-corrected chi connectivity index (χ4v) is 8.40. The first-order valence-corrected chi connectivity index (χ1v) is 18.7. The molecule has 0 spiro atoms. The van der Waals surface area contributed by atoms with Gasteiger partial charge in [0.2, 0.25) is 0 Å². The minimum Gasteiger partial charge on any atom is -0.310 e. The maximum absolute atomic E-state index is 4.25. The molecule has 0 atom stereocenters. The van der Waals surface area contributed by atoms with Crippen LogP contribution in [0.15, 0.2) is 183 Å². The van der Waals surface area contributed by atoms with Crippen molar-refractivity contribution < 1.29 is 0 Å². The molecule has 2 nitrogen and oxygen atoms in total. The Balaban J connectivity index is 1.14. The van der Waals surface area contributed by atoms with Gasteiger partial charge in [-0.1, -0.05) is 142 Å². The third kappa shape index (κ3) is 5.59. The zero-order valence-corrected chi connectivity index (χ0v) is 31.0. The van der Waals surface area contributed by atoms with Crippen molar-refractivity contribution >= 4 is 45.7 Å². The molecule has 1 heterocycles. The molecule has 260 valence electrons. The van der Waals surface area contributed by atoms with Gasteiger partial charge < -0.3 is 9.47 Å². The van der Waals surface area contributed by atoms with Crippen molar-refractivity contribution in [3.63, 3.8) is 0 Å². The topological polar surface area (TPSA) is 8.17 Å². The van der Waals surface area contributed by atoms with Crippen LogP contribution in [0.2, 0.25) is 0 Å². The predicted octanol–water partition coefficient (Wildman–Crippen LogP) is 14.3. The number of aromatic nitrogens is 1. The van der Waals surface area contributed by atoms with Gasteiger partial charge in [-0.05, 0) is 118 Å². The van der Waals surface area contributed by atoms with Crippen molar-refractivity contribution in [2.45, 2.75) is 26.2 Å². The fourth-order valence-electron chi connectivity index (χ4n) is 8.40. The lowest BCUT2D eigenvalue weighted by atomic mass is 9.82. The van der Waals surface area contributed by atoms with Crippen LogP contribution >= 0.6 is 0 Å². The molecule has 1 aliphatic carbocycles. The maximum Gasteiger partial charge on any atom is 0.0541 e. The van der Waals surface area contributed by atoms with Crippen molar-refractivity contribution in [3.05, 3.63) is 210 Å².